The van der Waals surface area contributed by atoms with E-state index in [9.17, 15) is 4.79 Å². The highest BCUT2D eigenvalue weighted by Gasteiger charge is 2.24. The summed E-state index contributed by atoms with van der Waals surface area (Å²) in [6.07, 6.45) is 2.44. The van der Waals surface area contributed by atoms with E-state index >= 15 is 0 Å². The number of halogens is 1. The van der Waals surface area contributed by atoms with Crippen molar-refractivity contribution in [1.29, 1.82) is 0 Å². The Bertz CT molecular complexity index is 812. The highest BCUT2D eigenvalue weighted by atomic mass is 79.9. The minimum Gasteiger partial charge on any atom is -0.355 e. The maximum atomic E-state index is 12.7. The van der Waals surface area contributed by atoms with Crippen molar-refractivity contribution < 1.29 is 4.79 Å². The van der Waals surface area contributed by atoms with Gasteiger partial charge in [-0.25, -0.2) is 0 Å². The molecule has 4 rings (SSSR count). The van der Waals surface area contributed by atoms with Crippen molar-refractivity contribution in [2.24, 2.45) is 5.92 Å². The van der Waals surface area contributed by atoms with E-state index < -0.39 is 0 Å². The molecule has 0 spiro atoms. The minimum absolute atomic E-state index is 0.0849. The van der Waals surface area contributed by atoms with E-state index in [1.54, 1.807) is 0 Å². The Morgan fingerprint density at radius 3 is 2.11 bits per heavy atom. The summed E-state index contributed by atoms with van der Waals surface area (Å²) in [6, 6.07) is 11.7. The van der Waals surface area contributed by atoms with Gasteiger partial charge in [-0.05, 0) is 49.1 Å². The molecule has 0 saturated carbocycles. The zero-order valence-electron chi connectivity index (χ0n) is 16.2. The van der Waals surface area contributed by atoms with E-state index in [4.69, 9.17) is 0 Å². The van der Waals surface area contributed by atoms with Crippen LogP contribution in [-0.4, -0.2) is 60.3 Å². The SMILES string of the molecule is CC1CCN(c2ccc(N3CCN(C(=O)c4cccc(Br)c4)CC3)nn2)CC1. The maximum absolute atomic E-state index is 12.7. The van der Waals surface area contributed by atoms with Gasteiger partial charge < -0.3 is 14.7 Å². The Kier molecular flexibility index (Phi) is 5.80. The van der Waals surface area contributed by atoms with Crippen LogP contribution in [-0.2, 0) is 0 Å². The first-order valence-corrected chi connectivity index (χ1v) is 10.8. The van der Waals surface area contributed by atoms with Crippen molar-refractivity contribution in [3.05, 3.63) is 46.4 Å². The molecule has 7 heteroatoms. The van der Waals surface area contributed by atoms with Crippen LogP contribution in [0.4, 0.5) is 11.6 Å². The average Bonchev–Trinajstić information content (AvgIpc) is 2.74. The topological polar surface area (TPSA) is 52.6 Å². The number of rotatable bonds is 3. The van der Waals surface area contributed by atoms with Gasteiger partial charge in [-0.3, -0.25) is 4.79 Å². The number of amides is 1. The molecule has 0 bridgehead atoms. The number of piperidine rings is 1. The molecule has 2 saturated heterocycles. The van der Waals surface area contributed by atoms with Crippen molar-refractivity contribution in [3.8, 4) is 0 Å². The molecule has 0 aliphatic carbocycles. The second-order valence-corrected chi connectivity index (χ2v) is 8.62. The van der Waals surface area contributed by atoms with Crippen LogP contribution in [0.1, 0.15) is 30.1 Å². The van der Waals surface area contributed by atoms with Gasteiger partial charge in [0.05, 0.1) is 0 Å². The van der Waals surface area contributed by atoms with E-state index in [0.717, 1.165) is 53.8 Å². The first kappa shape index (κ1) is 19.2. The Balaban J connectivity index is 1.34. The lowest BCUT2D eigenvalue weighted by atomic mass is 9.99. The minimum atomic E-state index is 0.0849. The second-order valence-electron chi connectivity index (χ2n) is 7.71. The van der Waals surface area contributed by atoms with Crippen LogP contribution in [0.15, 0.2) is 40.9 Å². The highest BCUT2D eigenvalue weighted by Crippen LogP contribution is 2.23. The zero-order valence-corrected chi connectivity index (χ0v) is 17.8. The van der Waals surface area contributed by atoms with Gasteiger partial charge in [-0.2, -0.15) is 0 Å². The van der Waals surface area contributed by atoms with Crippen molar-refractivity contribution >= 4 is 33.5 Å². The van der Waals surface area contributed by atoms with Crippen LogP contribution in [0.2, 0.25) is 0 Å². The Morgan fingerprint density at radius 2 is 1.54 bits per heavy atom. The van der Waals surface area contributed by atoms with E-state index in [0.29, 0.717) is 13.1 Å². The Hall–Kier alpha value is -2.15. The van der Waals surface area contributed by atoms with Crippen molar-refractivity contribution in [2.75, 3.05) is 49.1 Å². The number of piperazine rings is 1. The second kappa shape index (κ2) is 8.47. The molecule has 148 valence electrons. The van der Waals surface area contributed by atoms with Crippen molar-refractivity contribution in [3.63, 3.8) is 0 Å². The smallest absolute Gasteiger partial charge is 0.254 e. The molecule has 0 unspecified atom stereocenters. The van der Waals surface area contributed by atoms with Crippen molar-refractivity contribution in [1.82, 2.24) is 15.1 Å². The third-order valence-corrected chi connectivity index (χ3v) is 6.20. The predicted molar refractivity (Wildman–Crippen MR) is 115 cm³/mol. The molecule has 2 aromatic rings. The molecular weight excluding hydrogens is 418 g/mol. The Morgan fingerprint density at radius 1 is 0.929 bits per heavy atom. The average molecular weight is 444 g/mol. The summed E-state index contributed by atoms with van der Waals surface area (Å²) in [6.45, 7) is 7.37. The number of carbonyl (C=O) groups excluding carboxylic acids is 1. The first-order chi connectivity index (χ1) is 13.6. The quantitative estimate of drug-likeness (QED) is 0.726. The van der Waals surface area contributed by atoms with Gasteiger partial charge in [-0.15, -0.1) is 10.2 Å². The molecular formula is C21H26BrN5O. The summed E-state index contributed by atoms with van der Waals surface area (Å²) in [5, 5.41) is 8.92. The number of benzene rings is 1. The van der Waals surface area contributed by atoms with E-state index in [1.165, 1.54) is 12.8 Å². The van der Waals surface area contributed by atoms with Crippen LogP contribution < -0.4 is 9.80 Å². The third kappa shape index (κ3) is 4.29. The zero-order chi connectivity index (χ0) is 19.5. The van der Waals surface area contributed by atoms with Gasteiger partial charge >= 0.3 is 0 Å². The lowest BCUT2D eigenvalue weighted by Crippen LogP contribution is -2.49. The standard InChI is InChI=1S/C21H26BrN5O/c1-16-7-9-25(10-8-16)19-5-6-20(24-23-19)26-11-13-27(14-12-26)21(28)17-3-2-4-18(22)15-17/h2-6,15-16H,7-14H2,1H3. The van der Waals surface area contributed by atoms with Gasteiger partial charge in [-0.1, -0.05) is 28.9 Å². The van der Waals surface area contributed by atoms with Crippen LogP contribution in [0, 0.1) is 5.92 Å². The first-order valence-electron chi connectivity index (χ1n) is 9.98. The summed E-state index contributed by atoms with van der Waals surface area (Å²) >= 11 is 3.43. The molecule has 1 aromatic carbocycles. The van der Waals surface area contributed by atoms with E-state index in [1.807, 2.05) is 29.2 Å². The number of hydrogen-bond donors (Lipinski definition) is 0. The summed E-state index contributed by atoms with van der Waals surface area (Å²) in [5.41, 5.74) is 0.725. The van der Waals surface area contributed by atoms with Crippen molar-refractivity contribution in [2.45, 2.75) is 19.8 Å². The number of anilines is 2. The maximum Gasteiger partial charge on any atom is 0.254 e. The fourth-order valence-electron chi connectivity index (χ4n) is 3.84. The van der Waals surface area contributed by atoms with E-state index in [2.05, 4.69) is 55.0 Å². The normalized spacial score (nSPS) is 18.4. The lowest BCUT2D eigenvalue weighted by Gasteiger charge is -2.35. The lowest BCUT2D eigenvalue weighted by molar-refractivity contribution is 0.0746. The molecule has 0 radical (unpaired) electrons. The fraction of sp³-hybridized carbons (Fsp3) is 0.476. The van der Waals surface area contributed by atoms with Crippen LogP contribution in [0.25, 0.3) is 0 Å². The molecule has 1 aromatic heterocycles. The number of hydrogen-bond acceptors (Lipinski definition) is 5. The van der Waals surface area contributed by atoms with Crippen LogP contribution >= 0.6 is 15.9 Å². The molecule has 0 N–H and O–H groups in total. The number of carbonyl (C=O) groups is 1. The highest BCUT2D eigenvalue weighted by molar-refractivity contribution is 9.10. The predicted octanol–water partition coefficient (Wildman–Crippen LogP) is 3.44. The third-order valence-electron chi connectivity index (χ3n) is 5.71. The molecule has 2 fully saturated rings. The monoisotopic (exact) mass is 443 g/mol. The summed E-state index contributed by atoms with van der Waals surface area (Å²) in [7, 11) is 0. The molecule has 0 atom stereocenters. The summed E-state index contributed by atoms with van der Waals surface area (Å²) in [5.74, 6) is 2.75. The molecule has 28 heavy (non-hydrogen) atoms. The molecule has 2 aliphatic heterocycles. The van der Waals surface area contributed by atoms with Gasteiger partial charge in [0.25, 0.3) is 5.91 Å². The molecule has 1 amide bonds. The van der Waals surface area contributed by atoms with Crippen LogP contribution in [0.5, 0.6) is 0 Å². The van der Waals surface area contributed by atoms with Crippen LogP contribution in [0.3, 0.4) is 0 Å². The molecule has 3 heterocycles. The van der Waals surface area contributed by atoms with E-state index in [-0.39, 0.29) is 5.91 Å². The Labute approximate surface area is 174 Å². The van der Waals surface area contributed by atoms with Gasteiger partial charge in [0.1, 0.15) is 0 Å². The molecule has 2 aliphatic rings. The van der Waals surface area contributed by atoms with Gasteiger partial charge in [0.15, 0.2) is 11.6 Å². The largest absolute Gasteiger partial charge is 0.355 e. The fourth-order valence-corrected chi connectivity index (χ4v) is 4.24. The number of aromatic nitrogens is 2. The molecule has 6 nitrogen and oxygen atoms in total. The summed E-state index contributed by atoms with van der Waals surface area (Å²) in [4.78, 5) is 19.1. The van der Waals surface area contributed by atoms with Gasteiger partial charge in [0, 0.05) is 49.3 Å². The number of nitrogens with zero attached hydrogens (tertiary/aromatic N) is 5. The summed E-state index contributed by atoms with van der Waals surface area (Å²) < 4.78 is 0.926. The van der Waals surface area contributed by atoms with Gasteiger partial charge in [0.2, 0.25) is 0 Å².